The van der Waals surface area contributed by atoms with Crippen LogP contribution in [0.25, 0.3) is 10.9 Å². The number of anilines is 1. The lowest BCUT2D eigenvalue weighted by atomic mass is 10.2. The van der Waals surface area contributed by atoms with Crippen molar-refractivity contribution in [2.45, 2.75) is 0 Å². The fourth-order valence-electron chi connectivity index (χ4n) is 1.55. The number of hydrogen-bond donors (Lipinski definition) is 1. The summed E-state index contributed by atoms with van der Waals surface area (Å²) in [5.41, 5.74) is 1.92. The van der Waals surface area contributed by atoms with Crippen LogP contribution in [0.4, 0.5) is 5.69 Å². The van der Waals surface area contributed by atoms with E-state index in [1.165, 1.54) is 0 Å². The molecule has 0 saturated heterocycles. The molecule has 1 amide bonds. The zero-order valence-electron chi connectivity index (χ0n) is 8.33. The van der Waals surface area contributed by atoms with E-state index in [9.17, 15) is 4.79 Å². The first-order valence-corrected chi connectivity index (χ1v) is 5.15. The molecule has 0 unspecified atom stereocenters. The molecule has 0 aliphatic rings. The van der Waals surface area contributed by atoms with Crippen LogP contribution in [0.1, 0.15) is 0 Å². The Hall–Kier alpha value is -1.48. The molecular formula is C11H11ClN2O. The first kappa shape index (κ1) is 10.1. The zero-order valence-corrected chi connectivity index (χ0v) is 9.08. The van der Waals surface area contributed by atoms with Crippen molar-refractivity contribution >= 4 is 34.1 Å². The van der Waals surface area contributed by atoms with Crippen LogP contribution in [0.3, 0.4) is 0 Å². The smallest absolute Gasteiger partial charge is 0.239 e. The first-order chi connectivity index (χ1) is 7.20. The highest BCUT2D eigenvalue weighted by Gasteiger charge is 2.02. The van der Waals surface area contributed by atoms with Crippen molar-refractivity contribution in [3.63, 3.8) is 0 Å². The van der Waals surface area contributed by atoms with E-state index in [1.54, 1.807) is 0 Å². The molecule has 0 saturated carbocycles. The average molecular weight is 223 g/mol. The van der Waals surface area contributed by atoms with Crippen LogP contribution in [0.15, 0.2) is 30.5 Å². The number of nitrogens with one attached hydrogen (secondary N) is 1. The van der Waals surface area contributed by atoms with Gasteiger partial charge in [0.2, 0.25) is 5.91 Å². The Balaban J connectivity index is 2.35. The Kier molecular flexibility index (Phi) is 2.64. The summed E-state index contributed by atoms with van der Waals surface area (Å²) in [4.78, 5) is 11.1. The lowest BCUT2D eigenvalue weighted by Gasteiger charge is -2.03. The Bertz CT molecular complexity index is 504. The minimum absolute atomic E-state index is 0.0210. The van der Waals surface area contributed by atoms with E-state index >= 15 is 0 Å². The molecule has 1 N–H and O–H groups in total. The van der Waals surface area contributed by atoms with Crippen LogP contribution < -0.4 is 5.32 Å². The van der Waals surface area contributed by atoms with Crippen LogP contribution in [0.2, 0.25) is 0 Å². The third-order valence-corrected chi connectivity index (χ3v) is 2.53. The maximum atomic E-state index is 11.1. The quantitative estimate of drug-likeness (QED) is 0.778. The van der Waals surface area contributed by atoms with Gasteiger partial charge < -0.3 is 9.88 Å². The molecule has 2 aromatic rings. The van der Waals surface area contributed by atoms with Crippen molar-refractivity contribution in [1.82, 2.24) is 4.57 Å². The molecule has 1 aromatic heterocycles. The number of alkyl halides is 1. The van der Waals surface area contributed by atoms with E-state index in [0.29, 0.717) is 0 Å². The standard InChI is InChI=1S/C11H11ClN2O/c1-14-5-4-8-6-9(2-3-10(8)14)13-11(15)7-12/h2-6H,7H2,1H3,(H,13,15). The van der Waals surface area contributed by atoms with E-state index in [0.717, 1.165) is 16.6 Å². The highest BCUT2D eigenvalue weighted by Crippen LogP contribution is 2.19. The van der Waals surface area contributed by atoms with E-state index in [4.69, 9.17) is 11.6 Å². The molecule has 0 aliphatic heterocycles. The minimum Gasteiger partial charge on any atom is -0.351 e. The van der Waals surface area contributed by atoms with E-state index < -0.39 is 0 Å². The molecular weight excluding hydrogens is 212 g/mol. The van der Waals surface area contributed by atoms with Crippen molar-refractivity contribution in [3.05, 3.63) is 30.5 Å². The largest absolute Gasteiger partial charge is 0.351 e. The number of halogens is 1. The number of nitrogens with zero attached hydrogens (tertiary/aromatic N) is 1. The van der Waals surface area contributed by atoms with E-state index in [-0.39, 0.29) is 11.8 Å². The summed E-state index contributed by atoms with van der Waals surface area (Å²) >= 11 is 5.41. The number of carbonyl (C=O) groups is 1. The SMILES string of the molecule is Cn1ccc2cc(NC(=O)CCl)ccc21. The maximum Gasteiger partial charge on any atom is 0.239 e. The minimum atomic E-state index is -0.188. The third-order valence-electron chi connectivity index (χ3n) is 2.29. The second-order valence-electron chi connectivity index (χ2n) is 3.38. The summed E-state index contributed by atoms with van der Waals surface area (Å²) in [6.45, 7) is 0. The highest BCUT2D eigenvalue weighted by atomic mass is 35.5. The molecule has 1 heterocycles. The number of aryl methyl sites for hydroxylation is 1. The van der Waals surface area contributed by atoms with Gasteiger partial charge in [0, 0.05) is 29.8 Å². The predicted molar refractivity (Wildman–Crippen MR) is 62.3 cm³/mol. The Labute approximate surface area is 92.6 Å². The number of hydrogen-bond acceptors (Lipinski definition) is 1. The number of carbonyl (C=O) groups excluding carboxylic acids is 1. The van der Waals surface area contributed by atoms with E-state index in [2.05, 4.69) is 5.32 Å². The number of aromatic nitrogens is 1. The summed E-state index contributed by atoms with van der Waals surface area (Å²) in [5, 5.41) is 3.81. The molecule has 0 atom stereocenters. The number of rotatable bonds is 2. The summed E-state index contributed by atoms with van der Waals surface area (Å²) in [7, 11) is 1.99. The normalized spacial score (nSPS) is 10.5. The van der Waals surface area contributed by atoms with E-state index in [1.807, 2.05) is 42.1 Å². The van der Waals surface area contributed by atoms with Crippen molar-refractivity contribution in [3.8, 4) is 0 Å². The van der Waals surface area contributed by atoms with Gasteiger partial charge in [-0.2, -0.15) is 0 Å². The lowest BCUT2D eigenvalue weighted by Crippen LogP contribution is -2.12. The van der Waals surface area contributed by atoms with Gasteiger partial charge in [0.15, 0.2) is 0 Å². The van der Waals surface area contributed by atoms with Crippen molar-refractivity contribution in [2.24, 2.45) is 7.05 Å². The summed E-state index contributed by atoms with van der Waals surface area (Å²) in [6, 6.07) is 7.78. The van der Waals surface area contributed by atoms with Crippen molar-refractivity contribution in [1.29, 1.82) is 0 Å². The molecule has 15 heavy (non-hydrogen) atoms. The number of fused-ring (bicyclic) bond motifs is 1. The molecule has 0 aliphatic carbocycles. The monoisotopic (exact) mass is 222 g/mol. The lowest BCUT2D eigenvalue weighted by molar-refractivity contribution is -0.113. The molecule has 4 heteroatoms. The second kappa shape index (κ2) is 3.95. The Morgan fingerprint density at radius 3 is 3.00 bits per heavy atom. The third kappa shape index (κ3) is 1.97. The van der Waals surface area contributed by atoms with Gasteiger partial charge in [0.25, 0.3) is 0 Å². The van der Waals surface area contributed by atoms with Crippen LogP contribution in [-0.4, -0.2) is 16.4 Å². The molecule has 0 fully saturated rings. The molecule has 0 bridgehead atoms. The van der Waals surface area contributed by atoms with Gasteiger partial charge in [0.05, 0.1) is 0 Å². The molecule has 0 spiro atoms. The van der Waals surface area contributed by atoms with Gasteiger partial charge in [-0.15, -0.1) is 11.6 Å². The fourth-order valence-corrected chi connectivity index (χ4v) is 1.62. The second-order valence-corrected chi connectivity index (χ2v) is 3.65. The molecule has 1 aromatic carbocycles. The van der Waals surface area contributed by atoms with Crippen molar-refractivity contribution in [2.75, 3.05) is 11.2 Å². The Morgan fingerprint density at radius 2 is 2.27 bits per heavy atom. The summed E-state index contributed by atoms with van der Waals surface area (Å²) in [5.74, 6) is -0.209. The van der Waals surface area contributed by atoms with Crippen LogP contribution >= 0.6 is 11.6 Å². The summed E-state index contributed by atoms with van der Waals surface area (Å²) < 4.78 is 2.03. The first-order valence-electron chi connectivity index (χ1n) is 4.61. The van der Waals surface area contributed by atoms with Crippen LogP contribution in [0.5, 0.6) is 0 Å². The maximum absolute atomic E-state index is 11.1. The number of benzene rings is 1. The summed E-state index contributed by atoms with van der Waals surface area (Å²) in [6.07, 6.45) is 1.98. The Morgan fingerprint density at radius 1 is 1.47 bits per heavy atom. The van der Waals surface area contributed by atoms with Gasteiger partial charge in [-0.1, -0.05) is 0 Å². The zero-order chi connectivity index (χ0) is 10.8. The highest BCUT2D eigenvalue weighted by molar-refractivity contribution is 6.29. The molecule has 0 radical (unpaired) electrons. The van der Waals surface area contributed by atoms with Gasteiger partial charge >= 0.3 is 0 Å². The molecule has 78 valence electrons. The van der Waals surface area contributed by atoms with Crippen LogP contribution in [0, 0.1) is 0 Å². The number of amides is 1. The predicted octanol–water partition coefficient (Wildman–Crippen LogP) is 2.36. The van der Waals surface area contributed by atoms with Gasteiger partial charge in [-0.3, -0.25) is 4.79 Å². The topological polar surface area (TPSA) is 34.0 Å². The average Bonchev–Trinajstić information content (AvgIpc) is 2.60. The van der Waals surface area contributed by atoms with Gasteiger partial charge in [-0.05, 0) is 24.3 Å². The van der Waals surface area contributed by atoms with Crippen molar-refractivity contribution < 1.29 is 4.79 Å². The van der Waals surface area contributed by atoms with Gasteiger partial charge in [-0.25, -0.2) is 0 Å². The molecule has 2 rings (SSSR count). The fraction of sp³-hybridized carbons (Fsp3) is 0.182. The van der Waals surface area contributed by atoms with Gasteiger partial charge in [0.1, 0.15) is 5.88 Å². The van der Waals surface area contributed by atoms with Crippen LogP contribution in [-0.2, 0) is 11.8 Å². The molecule has 3 nitrogen and oxygen atoms in total.